The van der Waals surface area contributed by atoms with Crippen molar-refractivity contribution in [3.63, 3.8) is 0 Å². The molecule has 1 saturated heterocycles. The van der Waals surface area contributed by atoms with Crippen LogP contribution in [-0.2, 0) is 0 Å². The van der Waals surface area contributed by atoms with E-state index in [4.69, 9.17) is 11.6 Å². The molecule has 1 aliphatic rings. The normalized spacial score (nSPS) is 15.8. The number of nitrogens with zero attached hydrogens (tertiary/aromatic N) is 1. The molecule has 1 fully saturated rings. The summed E-state index contributed by atoms with van der Waals surface area (Å²) in [5, 5.41) is 3.35. The van der Waals surface area contributed by atoms with Crippen LogP contribution in [0.15, 0.2) is 48.5 Å². The molecule has 5 heteroatoms. The van der Waals surface area contributed by atoms with Gasteiger partial charge in [-0.15, -0.1) is 0 Å². The zero-order valence-electron chi connectivity index (χ0n) is 14.2. The molecule has 0 unspecified atom stereocenters. The molecule has 0 spiro atoms. The van der Waals surface area contributed by atoms with E-state index in [1.807, 2.05) is 6.07 Å². The average Bonchev–Trinajstić information content (AvgIpc) is 2.62. The molecule has 2 aromatic rings. The van der Waals surface area contributed by atoms with Crippen LogP contribution < -0.4 is 5.32 Å². The fourth-order valence-corrected chi connectivity index (χ4v) is 3.28. The number of ketones is 1. The highest BCUT2D eigenvalue weighted by atomic mass is 35.5. The van der Waals surface area contributed by atoms with Gasteiger partial charge >= 0.3 is 0 Å². The lowest BCUT2D eigenvalue weighted by molar-refractivity contribution is 0.0856. The Labute approximate surface area is 152 Å². The Kier molecular flexibility index (Phi) is 5.51. The first-order valence-electron chi connectivity index (χ1n) is 8.42. The minimum absolute atomic E-state index is 0.0649. The summed E-state index contributed by atoms with van der Waals surface area (Å²) in [7, 11) is 2.08. The molecule has 0 saturated carbocycles. The molecule has 4 nitrogen and oxygen atoms in total. The lowest BCUT2D eigenvalue weighted by Gasteiger charge is -2.28. The summed E-state index contributed by atoms with van der Waals surface area (Å²) < 4.78 is 0. The van der Waals surface area contributed by atoms with Crippen LogP contribution in [0.25, 0.3) is 0 Å². The van der Waals surface area contributed by atoms with E-state index < -0.39 is 0 Å². The number of rotatable bonds is 4. The highest BCUT2D eigenvalue weighted by Gasteiger charge is 2.24. The first kappa shape index (κ1) is 17.6. The molecule has 0 bridgehead atoms. The molecule has 3 rings (SSSR count). The zero-order chi connectivity index (χ0) is 17.8. The number of benzene rings is 2. The number of piperidine rings is 1. The Hall–Kier alpha value is -2.17. The second-order valence-electron chi connectivity index (χ2n) is 6.49. The van der Waals surface area contributed by atoms with E-state index in [9.17, 15) is 9.59 Å². The predicted molar refractivity (Wildman–Crippen MR) is 100 cm³/mol. The number of Topliss-reactive ketones (excluding diaryl/α,β-unsaturated/α-hetero) is 1. The van der Waals surface area contributed by atoms with E-state index in [0.29, 0.717) is 21.8 Å². The van der Waals surface area contributed by atoms with E-state index in [0.717, 1.165) is 25.9 Å². The van der Waals surface area contributed by atoms with Gasteiger partial charge in [0.05, 0.1) is 0 Å². The van der Waals surface area contributed by atoms with Gasteiger partial charge in [0.15, 0.2) is 5.78 Å². The summed E-state index contributed by atoms with van der Waals surface area (Å²) in [6.07, 6.45) is 1.77. The topological polar surface area (TPSA) is 49.4 Å². The Morgan fingerprint density at radius 2 is 1.72 bits per heavy atom. The Morgan fingerprint density at radius 3 is 2.44 bits per heavy atom. The van der Waals surface area contributed by atoms with Crippen molar-refractivity contribution >= 4 is 29.0 Å². The number of halogens is 1. The van der Waals surface area contributed by atoms with Gasteiger partial charge in [0.1, 0.15) is 0 Å². The quantitative estimate of drug-likeness (QED) is 0.838. The van der Waals surface area contributed by atoms with E-state index in [2.05, 4.69) is 17.3 Å². The molecule has 0 aromatic heterocycles. The molecule has 0 radical (unpaired) electrons. The van der Waals surface area contributed by atoms with E-state index in [-0.39, 0.29) is 17.6 Å². The molecular weight excluding hydrogens is 336 g/mol. The highest BCUT2D eigenvalue weighted by molar-refractivity contribution is 6.31. The smallest absolute Gasteiger partial charge is 0.255 e. The summed E-state index contributed by atoms with van der Waals surface area (Å²) >= 11 is 5.93. The molecule has 0 aliphatic carbocycles. The summed E-state index contributed by atoms with van der Waals surface area (Å²) in [5.41, 5.74) is 1.75. The minimum atomic E-state index is -0.244. The fourth-order valence-electron chi connectivity index (χ4n) is 3.09. The van der Waals surface area contributed by atoms with Crippen LogP contribution in [0, 0.1) is 5.92 Å². The first-order valence-corrected chi connectivity index (χ1v) is 8.80. The van der Waals surface area contributed by atoms with Gasteiger partial charge in [-0.2, -0.15) is 0 Å². The monoisotopic (exact) mass is 356 g/mol. The number of carbonyl (C=O) groups is 2. The first-order chi connectivity index (χ1) is 12.0. The maximum absolute atomic E-state index is 12.7. The third-order valence-electron chi connectivity index (χ3n) is 4.58. The predicted octanol–water partition coefficient (Wildman–Crippen LogP) is 4.12. The van der Waals surface area contributed by atoms with Crippen molar-refractivity contribution in [2.24, 2.45) is 5.92 Å². The van der Waals surface area contributed by atoms with Gasteiger partial charge in [-0.05, 0) is 63.3 Å². The Balaban J connectivity index is 1.71. The molecule has 25 heavy (non-hydrogen) atoms. The van der Waals surface area contributed by atoms with Crippen molar-refractivity contribution < 1.29 is 9.59 Å². The largest absolute Gasteiger partial charge is 0.322 e. The lowest BCUT2D eigenvalue weighted by atomic mass is 9.89. The van der Waals surface area contributed by atoms with E-state index >= 15 is 0 Å². The molecular formula is C20H21ClN2O2. The van der Waals surface area contributed by atoms with E-state index in [1.54, 1.807) is 42.5 Å². The van der Waals surface area contributed by atoms with Gasteiger partial charge in [0.25, 0.3) is 5.91 Å². The number of amides is 1. The lowest BCUT2D eigenvalue weighted by Crippen LogP contribution is -2.33. The second kappa shape index (κ2) is 7.81. The van der Waals surface area contributed by atoms with Gasteiger partial charge in [-0.1, -0.05) is 29.8 Å². The van der Waals surface area contributed by atoms with Gasteiger partial charge in [-0.25, -0.2) is 0 Å². The van der Waals surface area contributed by atoms with Crippen molar-refractivity contribution in [3.8, 4) is 0 Å². The number of carbonyl (C=O) groups excluding carboxylic acids is 2. The summed E-state index contributed by atoms with van der Waals surface area (Å²) in [4.78, 5) is 27.3. The summed E-state index contributed by atoms with van der Waals surface area (Å²) in [6.45, 7) is 1.89. The van der Waals surface area contributed by atoms with Gasteiger partial charge in [0, 0.05) is 27.8 Å². The van der Waals surface area contributed by atoms with Gasteiger partial charge in [0.2, 0.25) is 0 Å². The second-order valence-corrected chi connectivity index (χ2v) is 6.92. The fraction of sp³-hybridized carbons (Fsp3) is 0.300. The third-order valence-corrected chi connectivity index (χ3v) is 4.82. The van der Waals surface area contributed by atoms with Crippen LogP contribution in [0.5, 0.6) is 0 Å². The summed E-state index contributed by atoms with van der Waals surface area (Å²) in [6, 6.07) is 13.9. The van der Waals surface area contributed by atoms with Crippen LogP contribution >= 0.6 is 11.6 Å². The van der Waals surface area contributed by atoms with Crippen LogP contribution in [-0.4, -0.2) is 36.7 Å². The number of likely N-dealkylation sites (tertiary alicyclic amines) is 1. The van der Waals surface area contributed by atoms with Crippen molar-refractivity contribution in [1.82, 2.24) is 4.90 Å². The number of hydrogen-bond acceptors (Lipinski definition) is 3. The van der Waals surface area contributed by atoms with Gasteiger partial charge < -0.3 is 10.2 Å². The molecule has 130 valence electrons. The third kappa shape index (κ3) is 4.47. The molecule has 1 amide bonds. The molecule has 0 atom stereocenters. The molecule has 2 aromatic carbocycles. The van der Waals surface area contributed by atoms with Crippen LogP contribution in [0.4, 0.5) is 5.69 Å². The Morgan fingerprint density at radius 1 is 1.04 bits per heavy atom. The minimum Gasteiger partial charge on any atom is -0.322 e. The Bertz CT molecular complexity index is 783. The molecule has 1 heterocycles. The maximum atomic E-state index is 12.7. The SMILES string of the molecule is CN1CCC(C(=O)c2cccc(NC(=O)c3cccc(Cl)c3)c2)CC1. The number of anilines is 1. The molecule has 1 aliphatic heterocycles. The average molecular weight is 357 g/mol. The van der Waals surface area contributed by atoms with Crippen LogP contribution in [0.2, 0.25) is 5.02 Å². The number of hydrogen-bond donors (Lipinski definition) is 1. The molecule has 1 N–H and O–H groups in total. The van der Waals surface area contributed by atoms with Crippen molar-refractivity contribution in [1.29, 1.82) is 0 Å². The maximum Gasteiger partial charge on any atom is 0.255 e. The van der Waals surface area contributed by atoms with Crippen LogP contribution in [0.1, 0.15) is 33.6 Å². The van der Waals surface area contributed by atoms with Crippen molar-refractivity contribution in [2.75, 3.05) is 25.5 Å². The highest BCUT2D eigenvalue weighted by Crippen LogP contribution is 2.23. The van der Waals surface area contributed by atoms with E-state index in [1.165, 1.54) is 0 Å². The van der Waals surface area contributed by atoms with Crippen molar-refractivity contribution in [3.05, 3.63) is 64.7 Å². The van der Waals surface area contributed by atoms with Crippen molar-refractivity contribution in [2.45, 2.75) is 12.8 Å². The van der Waals surface area contributed by atoms with Crippen LogP contribution in [0.3, 0.4) is 0 Å². The standard InChI is InChI=1S/C20H21ClN2O2/c1-23-10-8-14(9-11-23)19(24)15-4-3-7-18(13-15)22-20(25)16-5-2-6-17(21)12-16/h2-7,12-14H,8-11H2,1H3,(H,22,25). The summed E-state index contributed by atoms with van der Waals surface area (Å²) in [5.74, 6) is -0.0200. The zero-order valence-corrected chi connectivity index (χ0v) is 14.9. The number of nitrogens with one attached hydrogen (secondary N) is 1. The van der Waals surface area contributed by atoms with Gasteiger partial charge in [-0.3, -0.25) is 9.59 Å².